The molecule has 11 nitrogen and oxygen atoms in total. The minimum atomic E-state index is -0.749. The SMILES string of the molecule is COc1ccc(Cn2c(NCCN(C(=N)N)c3ccccn3)nc(=O)n(Cc3ccc(F)cc3)c2=O)cc1. The molecule has 0 saturated carbocycles. The minimum Gasteiger partial charge on any atom is -0.497 e. The average molecular weight is 519 g/mol. The van der Waals surface area contributed by atoms with Crippen LogP contribution in [0.5, 0.6) is 5.75 Å². The zero-order valence-corrected chi connectivity index (χ0v) is 20.7. The Balaban J connectivity index is 1.64. The molecule has 0 amide bonds. The molecule has 4 rings (SSSR count). The highest BCUT2D eigenvalue weighted by molar-refractivity contribution is 5.91. The number of aromatic nitrogens is 4. The van der Waals surface area contributed by atoms with Crippen LogP contribution < -0.4 is 32.1 Å². The molecule has 0 radical (unpaired) electrons. The third kappa shape index (κ3) is 6.22. The summed E-state index contributed by atoms with van der Waals surface area (Å²) >= 11 is 0. The molecule has 4 aromatic rings. The fraction of sp³-hybridized carbons (Fsp3) is 0.192. The quantitative estimate of drug-likeness (QED) is 0.213. The van der Waals surface area contributed by atoms with E-state index in [0.717, 1.165) is 10.1 Å². The third-order valence-electron chi connectivity index (χ3n) is 5.74. The smallest absolute Gasteiger partial charge is 0.355 e. The number of rotatable bonds is 10. The first-order valence-corrected chi connectivity index (χ1v) is 11.7. The van der Waals surface area contributed by atoms with Gasteiger partial charge in [0.2, 0.25) is 5.95 Å². The maximum atomic E-state index is 13.5. The molecule has 0 aliphatic carbocycles. The van der Waals surface area contributed by atoms with E-state index >= 15 is 0 Å². The van der Waals surface area contributed by atoms with Gasteiger partial charge in [0.15, 0.2) is 5.96 Å². The minimum absolute atomic E-state index is 0.0639. The predicted molar refractivity (Wildman–Crippen MR) is 142 cm³/mol. The van der Waals surface area contributed by atoms with Crippen LogP contribution in [0.4, 0.5) is 16.2 Å². The number of anilines is 2. The van der Waals surface area contributed by atoms with Gasteiger partial charge in [0.25, 0.3) is 0 Å². The molecular formula is C26H27FN8O3. The number of nitrogens with two attached hydrogens (primary N) is 1. The summed E-state index contributed by atoms with van der Waals surface area (Å²) < 4.78 is 20.9. The number of guanidine groups is 1. The van der Waals surface area contributed by atoms with Gasteiger partial charge in [0.1, 0.15) is 17.4 Å². The Morgan fingerprint density at radius 3 is 2.29 bits per heavy atom. The lowest BCUT2D eigenvalue weighted by Gasteiger charge is -2.22. The van der Waals surface area contributed by atoms with Crippen LogP contribution in [0, 0.1) is 11.2 Å². The largest absolute Gasteiger partial charge is 0.497 e. The average Bonchev–Trinajstić information content (AvgIpc) is 2.92. The second-order valence-corrected chi connectivity index (χ2v) is 8.30. The number of hydrogen-bond acceptors (Lipinski definition) is 7. The summed E-state index contributed by atoms with van der Waals surface area (Å²) in [6.45, 7) is 0.486. The highest BCUT2D eigenvalue weighted by atomic mass is 19.1. The molecule has 0 aliphatic rings. The molecule has 0 bridgehead atoms. The first-order valence-electron chi connectivity index (χ1n) is 11.7. The fourth-order valence-electron chi connectivity index (χ4n) is 3.78. The van der Waals surface area contributed by atoms with E-state index in [4.69, 9.17) is 15.9 Å². The van der Waals surface area contributed by atoms with E-state index < -0.39 is 17.2 Å². The van der Waals surface area contributed by atoms with Gasteiger partial charge < -0.3 is 15.8 Å². The van der Waals surface area contributed by atoms with E-state index in [1.165, 1.54) is 33.7 Å². The number of benzene rings is 2. The summed E-state index contributed by atoms with van der Waals surface area (Å²) in [5.41, 5.74) is 5.77. The zero-order valence-electron chi connectivity index (χ0n) is 20.7. The highest BCUT2D eigenvalue weighted by Crippen LogP contribution is 2.13. The topological polar surface area (TPSA) is 144 Å². The second-order valence-electron chi connectivity index (χ2n) is 8.30. The maximum absolute atomic E-state index is 13.5. The van der Waals surface area contributed by atoms with Crippen LogP contribution in [-0.2, 0) is 13.1 Å². The third-order valence-corrected chi connectivity index (χ3v) is 5.74. The summed E-state index contributed by atoms with van der Waals surface area (Å²) in [5, 5.41) is 10.9. The Labute approximate surface area is 217 Å². The molecule has 4 N–H and O–H groups in total. The molecule has 12 heteroatoms. The molecule has 0 unspecified atom stereocenters. The number of methoxy groups -OCH3 is 1. The molecule has 196 valence electrons. The van der Waals surface area contributed by atoms with E-state index in [9.17, 15) is 14.0 Å². The highest BCUT2D eigenvalue weighted by Gasteiger charge is 2.16. The van der Waals surface area contributed by atoms with Gasteiger partial charge in [-0.2, -0.15) is 4.98 Å². The van der Waals surface area contributed by atoms with Crippen LogP contribution in [0.15, 0.2) is 82.5 Å². The number of nitrogens with zero attached hydrogens (tertiary/aromatic N) is 5. The summed E-state index contributed by atoms with van der Waals surface area (Å²) in [6.07, 6.45) is 1.59. The van der Waals surface area contributed by atoms with E-state index in [-0.39, 0.29) is 38.1 Å². The van der Waals surface area contributed by atoms with Crippen LogP contribution in [0.1, 0.15) is 11.1 Å². The standard InChI is InChI=1S/C26H27FN8O3/c1-38-21-11-7-19(8-12-21)16-34-24(31-14-15-33(23(28)29)22-4-2-3-13-30-22)32-25(36)35(26(34)37)17-18-5-9-20(27)10-6-18/h2-13H,14-17H2,1H3,(H3,28,29)(H,31,32,36). The maximum Gasteiger partial charge on any atom is 0.355 e. The molecule has 0 saturated heterocycles. The van der Waals surface area contributed by atoms with Crippen molar-refractivity contribution in [3.8, 4) is 5.75 Å². The Hall–Kier alpha value is -5.00. The lowest BCUT2D eigenvalue weighted by atomic mass is 10.2. The first kappa shape index (κ1) is 26.1. The Bertz CT molecular complexity index is 1500. The lowest BCUT2D eigenvalue weighted by molar-refractivity contribution is 0.414. The van der Waals surface area contributed by atoms with Gasteiger partial charge in [-0.1, -0.05) is 30.3 Å². The summed E-state index contributed by atoms with van der Waals surface area (Å²) in [6, 6.07) is 18.0. The number of halogens is 1. The molecular weight excluding hydrogens is 491 g/mol. The van der Waals surface area contributed by atoms with Crippen molar-refractivity contribution in [1.82, 2.24) is 19.1 Å². The Kier molecular flexibility index (Phi) is 8.11. The number of hydrogen-bond donors (Lipinski definition) is 3. The summed E-state index contributed by atoms with van der Waals surface area (Å²) in [5.74, 6) is 0.596. The van der Waals surface area contributed by atoms with Crippen molar-refractivity contribution in [3.05, 3.63) is 111 Å². The van der Waals surface area contributed by atoms with Gasteiger partial charge >= 0.3 is 11.4 Å². The van der Waals surface area contributed by atoms with Gasteiger partial charge in [0, 0.05) is 19.3 Å². The van der Waals surface area contributed by atoms with Crippen molar-refractivity contribution in [2.45, 2.75) is 13.1 Å². The molecule has 38 heavy (non-hydrogen) atoms. The zero-order chi connectivity index (χ0) is 27.1. The predicted octanol–water partition coefficient (Wildman–Crippen LogP) is 1.86. The van der Waals surface area contributed by atoms with E-state index in [1.54, 1.807) is 43.6 Å². The van der Waals surface area contributed by atoms with Crippen molar-refractivity contribution >= 4 is 17.7 Å². The van der Waals surface area contributed by atoms with Crippen LogP contribution in [-0.4, -0.2) is 45.3 Å². The second kappa shape index (κ2) is 11.8. The number of nitrogens with one attached hydrogen (secondary N) is 2. The molecule has 2 heterocycles. The van der Waals surface area contributed by atoms with Crippen LogP contribution in [0.3, 0.4) is 0 Å². The molecule has 0 spiro atoms. The molecule has 0 atom stereocenters. The van der Waals surface area contributed by atoms with Crippen LogP contribution >= 0.6 is 0 Å². The number of pyridine rings is 1. The Morgan fingerprint density at radius 1 is 1.03 bits per heavy atom. The molecule has 0 fully saturated rings. The monoisotopic (exact) mass is 518 g/mol. The molecule has 2 aromatic carbocycles. The number of ether oxygens (including phenoxy) is 1. The van der Waals surface area contributed by atoms with E-state index in [1.807, 2.05) is 12.1 Å². The molecule has 2 aromatic heterocycles. The summed E-state index contributed by atoms with van der Waals surface area (Å²) in [4.78, 5) is 36.2. The van der Waals surface area contributed by atoms with Gasteiger partial charge in [0.05, 0.1) is 20.2 Å². The van der Waals surface area contributed by atoms with Crippen molar-refractivity contribution in [2.75, 3.05) is 30.4 Å². The van der Waals surface area contributed by atoms with Gasteiger partial charge in [-0.3, -0.25) is 14.9 Å². The lowest BCUT2D eigenvalue weighted by Crippen LogP contribution is -2.44. The van der Waals surface area contributed by atoms with E-state index in [2.05, 4.69) is 15.3 Å². The van der Waals surface area contributed by atoms with Crippen molar-refractivity contribution in [2.24, 2.45) is 5.73 Å². The van der Waals surface area contributed by atoms with Crippen LogP contribution in [0.2, 0.25) is 0 Å². The first-order chi connectivity index (χ1) is 18.4. The van der Waals surface area contributed by atoms with Crippen molar-refractivity contribution in [1.29, 1.82) is 5.41 Å². The van der Waals surface area contributed by atoms with Crippen LogP contribution in [0.25, 0.3) is 0 Å². The van der Waals surface area contributed by atoms with Crippen molar-refractivity contribution in [3.63, 3.8) is 0 Å². The van der Waals surface area contributed by atoms with Gasteiger partial charge in [-0.15, -0.1) is 0 Å². The molecule has 0 aliphatic heterocycles. The Morgan fingerprint density at radius 2 is 1.68 bits per heavy atom. The van der Waals surface area contributed by atoms with Gasteiger partial charge in [-0.25, -0.2) is 23.5 Å². The summed E-state index contributed by atoms with van der Waals surface area (Å²) in [7, 11) is 1.56. The fourth-order valence-corrected chi connectivity index (χ4v) is 3.78. The van der Waals surface area contributed by atoms with Crippen molar-refractivity contribution < 1.29 is 9.13 Å². The van der Waals surface area contributed by atoms with E-state index in [0.29, 0.717) is 17.1 Å². The normalized spacial score (nSPS) is 10.7. The van der Waals surface area contributed by atoms with Gasteiger partial charge in [-0.05, 0) is 47.5 Å².